The summed E-state index contributed by atoms with van der Waals surface area (Å²) in [5, 5.41) is 19.9. The fourth-order valence-electron chi connectivity index (χ4n) is 2.88. The maximum Gasteiger partial charge on any atom is 0.0718 e. The van der Waals surface area contributed by atoms with Gasteiger partial charge in [-0.25, -0.2) is 0 Å². The van der Waals surface area contributed by atoms with Crippen LogP contribution in [0, 0.1) is 0 Å². The third-order valence-electron chi connectivity index (χ3n) is 3.31. The molecule has 0 bridgehead atoms. The Morgan fingerprint density at radius 1 is 0.773 bits per heavy atom. The van der Waals surface area contributed by atoms with Gasteiger partial charge in [0.25, 0.3) is 0 Å². The van der Waals surface area contributed by atoms with Gasteiger partial charge in [0.15, 0.2) is 0 Å². The summed E-state index contributed by atoms with van der Waals surface area (Å²) in [5.74, 6) is 0. The Morgan fingerprint density at radius 3 is 1.36 bits per heavy atom. The van der Waals surface area contributed by atoms with E-state index in [0.717, 1.165) is 13.1 Å². The van der Waals surface area contributed by atoms with Gasteiger partial charge in [0.2, 0.25) is 0 Å². The van der Waals surface area contributed by atoms with Crippen molar-refractivity contribution in [2.24, 2.45) is 0 Å². The van der Waals surface area contributed by atoms with Crippen molar-refractivity contribution in [3.8, 4) is 0 Å². The summed E-state index contributed by atoms with van der Waals surface area (Å²) in [4.78, 5) is 4.27. The summed E-state index contributed by atoms with van der Waals surface area (Å²) in [6.45, 7) is 10.2. The molecule has 0 radical (unpaired) electrons. The van der Waals surface area contributed by atoms with Crippen molar-refractivity contribution in [2.75, 3.05) is 27.2 Å². The highest BCUT2D eigenvalue weighted by Gasteiger charge is 2.18. The minimum absolute atomic E-state index is 0.626. The molecule has 0 aliphatic heterocycles. The van der Waals surface area contributed by atoms with Crippen LogP contribution in [0.5, 0.6) is 0 Å². The van der Waals surface area contributed by atoms with Gasteiger partial charge in [-0.3, -0.25) is 9.80 Å². The molecule has 0 heterocycles. The topological polar surface area (TPSA) is 46.9 Å². The first-order valence-corrected chi connectivity index (χ1v) is 7.85. The maximum absolute atomic E-state index is 9.93. The summed E-state index contributed by atoms with van der Waals surface area (Å²) < 4.78 is 0. The van der Waals surface area contributed by atoms with E-state index in [2.05, 4.69) is 21.9 Å². The lowest BCUT2D eigenvalue weighted by molar-refractivity contribution is 0.0399. The molecule has 0 aliphatic rings. The van der Waals surface area contributed by atoms with Crippen LogP contribution in [0.25, 0.3) is 0 Å². The summed E-state index contributed by atoms with van der Waals surface area (Å²) in [5.41, 5.74) is 1.14. The van der Waals surface area contributed by atoms with Crippen LogP contribution in [0.1, 0.15) is 38.8 Å². The molecule has 1 rings (SSSR count). The second kappa shape index (κ2) is 7.55. The minimum Gasteiger partial charge on any atom is -0.389 e. The average Bonchev–Trinajstić information content (AvgIpc) is 2.26. The van der Waals surface area contributed by atoms with E-state index in [1.807, 2.05) is 53.9 Å². The van der Waals surface area contributed by atoms with Gasteiger partial charge in [-0.15, -0.1) is 0 Å². The smallest absolute Gasteiger partial charge is 0.0718 e. The van der Waals surface area contributed by atoms with Gasteiger partial charge in [-0.05, 0) is 52.9 Å². The van der Waals surface area contributed by atoms with Gasteiger partial charge in [-0.1, -0.05) is 24.3 Å². The van der Waals surface area contributed by atoms with Crippen molar-refractivity contribution in [3.63, 3.8) is 0 Å². The first kappa shape index (κ1) is 19.1. The van der Waals surface area contributed by atoms with Gasteiger partial charge in [0.1, 0.15) is 0 Å². The quantitative estimate of drug-likeness (QED) is 0.772. The lowest BCUT2D eigenvalue weighted by Crippen LogP contribution is -2.37. The fraction of sp³-hybridized carbons (Fsp3) is 0.667. The summed E-state index contributed by atoms with van der Waals surface area (Å²) >= 11 is 0. The molecule has 1 aromatic rings. The highest BCUT2D eigenvalue weighted by Crippen LogP contribution is 2.16. The van der Waals surface area contributed by atoms with E-state index in [-0.39, 0.29) is 0 Å². The number of benzene rings is 1. The molecular weight excluding hydrogens is 276 g/mol. The molecule has 4 heteroatoms. The monoisotopic (exact) mass is 308 g/mol. The standard InChI is InChI=1S/C18H32N2O2/c1-17(2,21)13-19(5)11-15-9-7-8-10-16(15)12-20(6)14-18(3,4)22/h7-10,21-22H,11-14H2,1-6H3. The molecule has 0 atom stereocenters. The molecule has 0 saturated carbocycles. The third kappa shape index (κ3) is 7.90. The maximum atomic E-state index is 9.93. The molecule has 0 saturated heterocycles. The van der Waals surface area contributed by atoms with E-state index in [4.69, 9.17) is 0 Å². The van der Waals surface area contributed by atoms with Crippen LogP contribution in [0.3, 0.4) is 0 Å². The Labute approximate surface area is 135 Å². The van der Waals surface area contributed by atoms with E-state index < -0.39 is 11.2 Å². The van der Waals surface area contributed by atoms with Crippen LogP contribution in [0.2, 0.25) is 0 Å². The van der Waals surface area contributed by atoms with E-state index in [0.29, 0.717) is 13.1 Å². The van der Waals surface area contributed by atoms with Crippen LogP contribution in [-0.2, 0) is 13.1 Å². The summed E-state index contributed by atoms with van der Waals surface area (Å²) in [6.07, 6.45) is 0. The van der Waals surface area contributed by atoms with Crippen molar-refractivity contribution in [1.82, 2.24) is 9.80 Å². The van der Waals surface area contributed by atoms with Gasteiger partial charge in [0.05, 0.1) is 11.2 Å². The molecule has 2 N–H and O–H groups in total. The van der Waals surface area contributed by atoms with Gasteiger partial charge >= 0.3 is 0 Å². The molecule has 0 unspecified atom stereocenters. The molecule has 126 valence electrons. The zero-order valence-electron chi connectivity index (χ0n) is 14.9. The van der Waals surface area contributed by atoms with Crippen molar-refractivity contribution in [2.45, 2.75) is 52.0 Å². The lowest BCUT2D eigenvalue weighted by atomic mass is 10.0. The summed E-state index contributed by atoms with van der Waals surface area (Å²) in [6, 6.07) is 8.36. The molecule has 22 heavy (non-hydrogen) atoms. The third-order valence-corrected chi connectivity index (χ3v) is 3.31. The van der Waals surface area contributed by atoms with Crippen molar-refractivity contribution in [3.05, 3.63) is 35.4 Å². The zero-order valence-corrected chi connectivity index (χ0v) is 14.9. The van der Waals surface area contributed by atoms with Gasteiger partial charge in [0, 0.05) is 26.2 Å². The molecule has 0 aromatic heterocycles. The van der Waals surface area contributed by atoms with Crippen LogP contribution in [0.4, 0.5) is 0 Å². The summed E-state index contributed by atoms with van der Waals surface area (Å²) in [7, 11) is 4.05. The lowest BCUT2D eigenvalue weighted by Gasteiger charge is -2.28. The Balaban J connectivity index is 2.73. The normalized spacial score (nSPS) is 13.2. The Morgan fingerprint density at radius 2 is 1.09 bits per heavy atom. The Kier molecular flexibility index (Phi) is 6.56. The largest absolute Gasteiger partial charge is 0.389 e. The average molecular weight is 308 g/mol. The van der Waals surface area contributed by atoms with Gasteiger partial charge in [-0.2, -0.15) is 0 Å². The SMILES string of the molecule is CN(Cc1ccccc1CN(C)CC(C)(C)O)CC(C)(C)O. The number of rotatable bonds is 8. The molecule has 1 aromatic carbocycles. The molecule has 0 fully saturated rings. The second-order valence-corrected chi connectivity index (χ2v) is 7.74. The highest BCUT2D eigenvalue weighted by molar-refractivity contribution is 5.27. The van der Waals surface area contributed by atoms with Crippen LogP contribution in [-0.4, -0.2) is 58.4 Å². The number of likely N-dealkylation sites (N-methyl/N-ethyl adjacent to an activating group) is 2. The van der Waals surface area contributed by atoms with Crippen LogP contribution in [0.15, 0.2) is 24.3 Å². The van der Waals surface area contributed by atoms with Crippen LogP contribution < -0.4 is 0 Å². The molecule has 0 spiro atoms. The predicted octanol–water partition coefficient (Wildman–Crippen LogP) is 2.09. The van der Waals surface area contributed by atoms with Crippen molar-refractivity contribution < 1.29 is 10.2 Å². The Bertz CT molecular complexity index is 418. The first-order valence-electron chi connectivity index (χ1n) is 7.85. The molecule has 4 nitrogen and oxygen atoms in total. The minimum atomic E-state index is -0.693. The predicted molar refractivity (Wildman–Crippen MR) is 91.7 cm³/mol. The van der Waals surface area contributed by atoms with Gasteiger partial charge < -0.3 is 10.2 Å². The van der Waals surface area contributed by atoms with E-state index >= 15 is 0 Å². The fourth-order valence-corrected chi connectivity index (χ4v) is 2.88. The van der Waals surface area contributed by atoms with E-state index in [9.17, 15) is 10.2 Å². The van der Waals surface area contributed by atoms with Crippen molar-refractivity contribution >= 4 is 0 Å². The molecule has 0 amide bonds. The number of hydrogen-bond donors (Lipinski definition) is 2. The van der Waals surface area contributed by atoms with Crippen LogP contribution >= 0.6 is 0 Å². The first-order chi connectivity index (χ1) is 9.96. The second-order valence-electron chi connectivity index (χ2n) is 7.74. The number of aliphatic hydroxyl groups is 2. The zero-order chi connectivity index (χ0) is 17.0. The number of hydrogen-bond acceptors (Lipinski definition) is 4. The highest BCUT2D eigenvalue weighted by atomic mass is 16.3. The Hall–Kier alpha value is -0.940. The van der Waals surface area contributed by atoms with E-state index in [1.165, 1.54) is 11.1 Å². The number of nitrogens with zero attached hydrogens (tertiary/aromatic N) is 2. The van der Waals surface area contributed by atoms with Crippen molar-refractivity contribution in [1.29, 1.82) is 0 Å². The van der Waals surface area contributed by atoms with E-state index in [1.54, 1.807) is 0 Å². The molecular formula is C18H32N2O2. The molecule has 0 aliphatic carbocycles.